The van der Waals surface area contributed by atoms with Crippen molar-refractivity contribution in [1.82, 2.24) is 0 Å². The van der Waals surface area contributed by atoms with Crippen molar-refractivity contribution in [3.63, 3.8) is 0 Å². The Morgan fingerprint density at radius 2 is 0.750 bits per heavy atom. The normalized spacial score (nSPS) is 12.0. The molecule has 0 saturated carbocycles. The molecule has 0 saturated heterocycles. The van der Waals surface area contributed by atoms with Crippen molar-refractivity contribution in [1.29, 1.82) is 0 Å². The summed E-state index contributed by atoms with van der Waals surface area (Å²) < 4.78 is 0. The summed E-state index contributed by atoms with van der Waals surface area (Å²) in [6.45, 7) is 16.0. The monoisotopic (exact) mass is 553 g/mol. The van der Waals surface area contributed by atoms with Crippen LogP contribution in [-0.2, 0) is 44.5 Å². The van der Waals surface area contributed by atoms with Crippen molar-refractivity contribution in [2.24, 2.45) is 0 Å². The number of hydrogen-bond donors (Lipinski definition) is 0. The van der Waals surface area contributed by atoms with Crippen molar-refractivity contribution in [3.8, 4) is 0 Å². The smallest absolute Gasteiger partial charge is 0.0683 e. The molecule has 0 bridgehead atoms. The van der Waals surface area contributed by atoms with E-state index in [1.807, 2.05) is 55.4 Å². The molecular formula is C34H42NY-. The maximum atomic E-state index is 5.00. The Hall–Kier alpha value is -2.22. The topological polar surface area (TPSA) is 14.1 Å². The third-order valence-corrected chi connectivity index (χ3v) is 6.08. The van der Waals surface area contributed by atoms with E-state index in [1.165, 1.54) is 33.4 Å². The molecule has 1 aliphatic heterocycles. The van der Waals surface area contributed by atoms with Crippen LogP contribution in [0, 0.1) is 0 Å². The Morgan fingerprint density at radius 3 is 1.14 bits per heavy atom. The summed E-state index contributed by atoms with van der Waals surface area (Å²) in [6, 6.07) is 35.1. The van der Waals surface area contributed by atoms with Gasteiger partial charge < -0.3 is 5.32 Å². The predicted octanol–water partition coefficient (Wildman–Crippen LogP) is 10.7. The third kappa shape index (κ3) is 5.53. The third-order valence-electron chi connectivity index (χ3n) is 6.08. The zero-order valence-electron chi connectivity index (χ0n) is 23.5. The number of benzene rings is 4. The molecule has 1 aliphatic carbocycles. The second-order valence-corrected chi connectivity index (χ2v) is 7.39. The number of rotatable bonds is 0. The second-order valence-electron chi connectivity index (χ2n) is 7.39. The number of nitrogens with zero attached hydrogens (tertiary/aromatic N) is 1. The van der Waals surface area contributed by atoms with Gasteiger partial charge in [0.05, 0.1) is 5.41 Å². The van der Waals surface area contributed by atoms with E-state index in [1.54, 1.807) is 0 Å². The molecule has 0 aromatic heterocycles. The van der Waals surface area contributed by atoms with Gasteiger partial charge in [-0.3, -0.25) is 0 Å². The van der Waals surface area contributed by atoms with Gasteiger partial charge in [0, 0.05) is 32.7 Å². The molecule has 4 aromatic rings. The van der Waals surface area contributed by atoms with Crippen LogP contribution < -0.4 is 0 Å². The van der Waals surface area contributed by atoms with Crippen LogP contribution in [0.2, 0.25) is 0 Å². The summed E-state index contributed by atoms with van der Waals surface area (Å²) in [4.78, 5) is 0. The Kier molecular flexibility index (Phi) is 14.0. The van der Waals surface area contributed by atoms with Gasteiger partial charge in [-0.1, -0.05) is 152 Å². The fourth-order valence-electron chi connectivity index (χ4n) is 5.06. The molecule has 4 aromatic carbocycles. The zero-order valence-corrected chi connectivity index (χ0v) is 26.3. The maximum absolute atomic E-state index is 5.00. The van der Waals surface area contributed by atoms with Crippen LogP contribution in [0.5, 0.6) is 0 Å². The first-order valence-corrected chi connectivity index (χ1v) is 13.5. The Labute approximate surface area is 245 Å². The average Bonchev–Trinajstić information content (AvgIpc) is 2.97. The molecule has 187 valence electrons. The molecule has 0 fully saturated rings. The van der Waals surface area contributed by atoms with Crippen LogP contribution in [0.1, 0.15) is 88.8 Å². The first-order chi connectivity index (χ1) is 17.4. The summed E-state index contributed by atoms with van der Waals surface area (Å²) in [5, 5.41) is 5.00. The quantitative estimate of drug-likeness (QED) is 0.178. The molecule has 1 nitrogen and oxygen atoms in total. The minimum absolute atomic E-state index is 0. The van der Waals surface area contributed by atoms with Crippen molar-refractivity contribution < 1.29 is 32.7 Å². The Balaban J connectivity index is 0.000000661. The van der Waals surface area contributed by atoms with Gasteiger partial charge in [0.1, 0.15) is 0 Å². The van der Waals surface area contributed by atoms with Gasteiger partial charge in [0.25, 0.3) is 0 Å². The van der Waals surface area contributed by atoms with Crippen LogP contribution in [0.4, 0.5) is 11.4 Å². The van der Waals surface area contributed by atoms with Gasteiger partial charge in [-0.15, -0.1) is 11.4 Å². The molecule has 1 heterocycles. The summed E-state index contributed by atoms with van der Waals surface area (Å²) in [7, 11) is 0. The van der Waals surface area contributed by atoms with Crippen molar-refractivity contribution in [2.45, 2.75) is 67.2 Å². The van der Waals surface area contributed by atoms with E-state index in [0.29, 0.717) is 0 Å². The molecule has 0 N–H and O–H groups in total. The van der Waals surface area contributed by atoms with Crippen LogP contribution in [0.3, 0.4) is 0 Å². The zero-order chi connectivity index (χ0) is 25.8. The van der Waals surface area contributed by atoms with Gasteiger partial charge in [0.2, 0.25) is 0 Å². The number of para-hydroxylation sites is 2. The first-order valence-electron chi connectivity index (χ1n) is 13.5. The van der Waals surface area contributed by atoms with E-state index < -0.39 is 0 Å². The SMILES string of the molecule is CC.CC.CC.CC.[Y].c1ccc2c(c1)Cc1ccccc1C21c2ccccc2[N-]c2ccccc21. The van der Waals surface area contributed by atoms with Crippen molar-refractivity contribution in [3.05, 3.63) is 136 Å². The number of hydrogen-bond acceptors (Lipinski definition) is 0. The van der Waals surface area contributed by atoms with E-state index in [0.717, 1.165) is 17.8 Å². The fraction of sp³-hybridized carbons (Fsp3) is 0.294. The summed E-state index contributed by atoms with van der Waals surface area (Å²) >= 11 is 0. The van der Waals surface area contributed by atoms with E-state index in [2.05, 4.69) is 97.1 Å². The summed E-state index contributed by atoms with van der Waals surface area (Å²) in [6.07, 6.45) is 0.982. The number of fused-ring (bicyclic) bond motifs is 8. The summed E-state index contributed by atoms with van der Waals surface area (Å²) in [5.41, 5.74) is 9.99. The van der Waals surface area contributed by atoms with Gasteiger partial charge in [0.15, 0.2) is 0 Å². The maximum Gasteiger partial charge on any atom is 0.0683 e. The fourth-order valence-corrected chi connectivity index (χ4v) is 5.06. The van der Waals surface area contributed by atoms with E-state index in [-0.39, 0.29) is 38.1 Å². The molecule has 2 heteroatoms. The van der Waals surface area contributed by atoms with Crippen molar-refractivity contribution in [2.75, 3.05) is 0 Å². The van der Waals surface area contributed by atoms with Gasteiger partial charge in [-0.2, -0.15) is 0 Å². The van der Waals surface area contributed by atoms with Gasteiger partial charge in [-0.05, 0) is 39.8 Å². The minimum atomic E-state index is -0.305. The first kappa shape index (κ1) is 31.8. The average molecular weight is 554 g/mol. The summed E-state index contributed by atoms with van der Waals surface area (Å²) in [5.74, 6) is 0. The van der Waals surface area contributed by atoms with Crippen LogP contribution in [-0.4, -0.2) is 0 Å². The van der Waals surface area contributed by atoms with Crippen LogP contribution >= 0.6 is 0 Å². The Bertz CT molecular complexity index is 1010. The molecule has 36 heavy (non-hydrogen) atoms. The molecule has 0 atom stereocenters. The van der Waals surface area contributed by atoms with E-state index >= 15 is 0 Å². The molecular weight excluding hydrogens is 511 g/mol. The van der Waals surface area contributed by atoms with Crippen molar-refractivity contribution >= 4 is 11.4 Å². The van der Waals surface area contributed by atoms with E-state index in [9.17, 15) is 0 Å². The van der Waals surface area contributed by atoms with Gasteiger partial charge >= 0.3 is 0 Å². The largest absolute Gasteiger partial charge is 0.657 e. The van der Waals surface area contributed by atoms with Gasteiger partial charge in [-0.25, -0.2) is 0 Å². The molecule has 1 spiro atoms. The molecule has 0 amide bonds. The predicted molar refractivity (Wildman–Crippen MR) is 156 cm³/mol. The standard InChI is InChI=1S/C26H18N.4C2H6.Y/c1-3-11-20-18(9-1)17-19-10-2-4-12-21(19)26(20)22-13-5-7-15-24(22)27-25-16-8-6-14-23(25)26;4*1-2;/h1-16H,17H2;4*1-2H3;/q-1;;;;;. The molecule has 2 aliphatic rings. The second kappa shape index (κ2) is 15.8. The van der Waals surface area contributed by atoms with Crippen LogP contribution in [0.25, 0.3) is 5.32 Å². The van der Waals surface area contributed by atoms with Crippen LogP contribution in [0.15, 0.2) is 97.1 Å². The van der Waals surface area contributed by atoms with E-state index in [4.69, 9.17) is 5.32 Å². The molecule has 1 radical (unpaired) electrons. The molecule has 6 rings (SSSR count). The Morgan fingerprint density at radius 1 is 0.444 bits per heavy atom. The molecule has 0 unspecified atom stereocenters. The minimum Gasteiger partial charge on any atom is -0.657 e.